The van der Waals surface area contributed by atoms with Crippen molar-refractivity contribution < 1.29 is 4.74 Å². The highest BCUT2D eigenvalue weighted by atomic mass is 16.5. The number of hydrogen-bond donors (Lipinski definition) is 1. The Bertz CT molecular complexity index is 423. The Labute approximate surface area is 128 Å². The number of nitrogens with zero attached hydrogens (tertiary/aromatic N) is 2. The normalized spacial score (nSPS) is 26.5. The molecule has 1 aromatic heterocycles. The lowest BCUT2D eigenvalue weighted by Crippen LogP contribution is -2.58. The van der Waals surface area contributed by atoms with E-state index < -0.39 is 0 Å². The summed E-state index contributed by atoms with van der Waals surface area (Å²) in [6.07, 6.45) is 5.19. The molecule has 1 aliphatic rings. The molecule has 2 heterocycles. The molecule has 0 saturated carbocycles. The van der Waals surface area contributed by atoms with E-state index in [0.717, 1.165) is 38.1 Å². The zero-order valence-electron chi connectivity index (χ0n) is 13.6. The van der Waals surface area contributed by atoms with Crippen LogP contribution in [0.1, 0.15) is 32.4 Å². The van der Waals surface area contributed by atoms with Crippen molar-refractivity contribution in [2.75, 3.05) is 26.7 Å². The van der Waals surface area contributed by atoms with Gasteiger partial charge in [-0.3, -0.25) is 9.88 Å². The maximum atomic E-state index is 6.16. The summed E-state index contributed by atoms with van der Waals surface area (Å²) < 4.78 is 5.91. The van der Waals surface area contributed by atoms with Gasteiger partial charge in [0, 0.05) is 43.5 Å². The van der Waals surface area contributed by atoms with Crippen LogP contribution in [0.25, 0.3) is 0 Å². The van der Waals surface area contributed by atoms with Gasteiger partial charge in [-0.1, -0.05) is 19.9 Å². The summed E-state index contributed by atoms with van der Waals surface area (Å²) in [7, 11) is 2.19. The summed E-state index contributed by atoms with van der Waals surface area (Å²) in [5.41, 5.74) is 7.37. The van der Waals surface area contributed by atoms with Crippen LogP contribution < -0.4 is 5.73 Å². The first kappa shape index (κ1) is 16.4. The zero-order chi connectivity index (χ0) is 15.3. The maximum Gasteiger partial charge on any atom is 0.0616 e. The van der Waals surface area contributed by atoms with E-state index in [2.05, 4.69) is 36.8 Å². The molecular formula is C17H29N3O. The topological polar surface area (TPSA) is 51.4 Å². The second kappa shape index (κ2) is 7.34. The molecule has 4 heteroatoms. The number of aromatic nitrogens is 1. The highest BCUT2D eigenvalue weighted by molar-refractivity contribution is 5.04. The Balaban J connectivity index is 1.98. The predicted molar refractivity (Wildman–Crippen MR) is 86.2 cm³/mol. The van der Waals surface area contributed by atoms with Gasteiger partial charge < -0.3 is 10.5 Å². The quantitative estimate of drug-likeness (QED) is 0.872. The molecular weight excluding hydrogens is 262 g/mol. The van der Waals surface area contributed by atoms with E-state index in [1.165, 1.54) is 0 Å². The molecule has 118 valence electrons. The molecule has 4 nitrogen and oxygen atoms in total. The van der Waals surface area contributed by atoms with E-state index in [1.54, 1.807) is 0 Å². The fourth-order valence-corrected chi connectivity index (χ4v) is 3.12. The van der Waals surface area contributed by atoms with Gasteiger partial charge in [-0.2, -0.15) is 0 Å². The summed E-state index contributed by atoms with van der Waals surface area (Å²) in [6.45, 7) is 6.95. The molecule has 2 N–H and O–H groups in total. The Morgan fingerprint density at radius 3 is 2.90 bits per heavy atom. The van der Waals surface area contributed by atoms with Crippen molar-refractivity contribution in [3.63, 3.8) is 0 Å². The van der Waals surface area contributed by atoms with Crippen LogP contribution >= 0.6 is 0 Å². The fourth-order valence-electron chi connectivity index (χ4n) is 3.12. The molecule has 0 radical (unpaired) electrons. The minimum absolute atomic E-state index is 0.0714. The van der Waals surface area contributed by atoms with Crippen molar-refractivity contribution in [2.24, 2.45) is 11.7 Å². The summed E-state index contributed by atoms with van der Waals surface area (Å²) in [6, 6.07) is 6.09. The van der Waals surface area contributed by atoms with Gasteiger partial charge in [-0.05, 0) is 37.9 Å². The van der Waals surface area contributed by atoms with Crippen molar-refractivity contribution in [3.8, 4) is 0 Å². The molecule has 1 fully saturated rings. The second-order valence-corrected chi connectivity index (χ2v) is 6.53. The Morgan fingerprint density at radius 2 is 2.29 bits per heavy atom. The molecule has 0 amide bonds. The summed E-state index contributed by atoms with van der Waals surface area (Å²) in [4.78, 5) is 6.84. The van der Waals surface area contributed by atoms with Crippen LogP contribution in [0.3, 0.4) is 0 Å². The summed E-state index contributed by atoms with van der Waals surface area (Å²) in [5.74, 6) is 0.542. The lowest BCUT2D eigenvalue weighted by molar-refractivity contribution is -0.0812. The zero-order valence-corrected chi connectivity index (χ0v) is 13.6. The van der Waals surface area contributed by atoms with Gasteiger partial charge in [-0.25, -0.2) is 0 Å². The fraction of sp³-hybridized carbons (Fsp3) is 0.706. The Kier molecular flexibility index (Phi) is 5.73. The molecule has 2 unspecified atom stereocenters. The smallest absolute Gasteiger partial charge is 0.0616 e. The van der Waals surface area contributed by atoms with Gasteiger partial charge in [0.25, 0.3) is 0 Å². The maximum absolute atomic E-state index is 6.16. The van der Waals surface area contributed by atoms with Gasteiger partial charge in [0.2, 0.25) is 0 Å². The van der Waals surface area contributed by atoms with Crippen molar-refractivity contribution >= 4 is 0 Å². The lowest BCUT2D eigenvalue weighted by Gasteiger charge is -2.47. The third-order valence-corrected chi connectivity index (χ3v) is 4.84. The van der Waals surface area contributed by atoms with Crippen LogP contribution in [0.5, 0.6) is 0 Å². The first-order valence-corrected chi connectivity index (χ1v) is 8.00. The van der Waals surface area contributed by atoms with Gasteiger partial charge in [0.05, 0.1) is 6.10 Å². The van der Waals surface area contributed by atoms with Crippen molar-refractivity contribution in [1.82, 2.24) is 9.88 Å². The highest BCUT2D eigenvalue weighted by Crippen LogP contribution is 2.32. The van der Waals surface area contributed by atoms with E-state index >= 15 is 0 Å². The molecule has 0 spiro atoms. The first-order chi connectivity index (χ1) is 10.1. The van der Waals surface area contributed by atoms with Crippen molar-refractivity contribution in [1.29, 1.82) is 0 Å². The number of pyridine rings is 1. The third-order valence-electron chi connectivity index (χ3n) is 4.84. The van der Waals surface area contributed by atoms with Crippen LogP contribution in [-0.4, -0.2) is 48.3 Å². The van der Waals surface area contributed by atoms with Gasteiger partial charge in [0.1, 0.15) is 0 Å². The van der Waals surface area contributed by atoms with Crippen LogP contribution in [-0.2, 0) is 11.2 Å². The van der Waals surface area contributed by atoms with Crippen molar-refractivity contribution in [2.45, 2.75) is 44.8 Å². The van der Waals surface area contributed by atoms with E-state index in [4.69, 9.17) is 10.5 Å². The van der Waals surface area contributed by atoms with Crippen LogP contribution in [0.2, 0.25) is 0 Å². The standard InChI is InChI=1S/C17H29N3O/c1-14(2)16-12-17(13-18,8-11-21-16)20(3)10-7-15-6-4-5-9-19-15/h4-6,9,14,16H,7-8,10-13,18H2,1-3H3. The Morgan fingerprint density at radius 1 is 1.48 bits per heavy atom. The van der Waals surface area contributed by atoms with Crippen LogP contribution in [0.4, 0.5) is 0 Å². The molecule has 0 bridgehead atoms. The van der Waals surface area contributed by atoms with E-state index in [-0.39, 0.29) is 5.54 Å². The second-order valence-electron chi connectivity index (χ2n) is 6.53. The highest BCUT2D eigenvalue weighted by Gasteiger charge is 2.39. The number of hydrogen-bond acceptors (Lipinski definition) is 4. The van der Waals surface area contributed by atoms with Crippen molar-refractivity contribution in [3.05, 3.63) is 30.1 Å². The lowest BCUT2D eigenvalue weighted by atomic mass is 9.82. The number of likely N-dealkylation sites (N-methyl/N-ethyl adjacent to an activating group) is 1. The van der Waals surface area contributed by atoms with E-state index in [1.807, 2.05) is 18.3 Å². The minimum Gasteiger partial charge on any atom is -0.378 e. The molecule has 1 aromatic rings. The van der Waals surface area contributed by atoms with Gasteiger partial charge in [-0.15, -0.1) is 0 Å². The number of ether oxygens (including phenoxy) is 1. The monoisotopic (exact) mass is 291 g/mol. The number of rotatable bonds is 6. The van der Waals surface area contributed by atoms with Crippen LogP contribution in [0, 0.1) is 5.92 Å². The van der Waals surface area contributed by atoms with Gasteiger partial charge >= 0.3 is 0 Å². The average Bonchev–Trinajstić information content (AvgIpc) is 2.53. The summed E-state index contributed by atoms with van der Waals surface area (Å²) >= 11 is 0. The first-order valence-electron chi connectivity index (χ1n) is 8.00. The Hall–Kier alpha value is -0.970. The van der Waals surface area contributed by atoms with E-state index in [0.29, 0.717) is 18.6 Å². The molecule has 21 heavy (non-hydrogen) atoms. The largest absolute Gasteiger partial charge is 0.378 e. The molecule has 2 atom stereocenters. The minimum atomic E-state index is 0.0714. The number of nitrogens with two attached hydrogens (primary N) is 1. The molecule has 0 aromatic carbocycles. The molecule has 2 rings (SSSR count). The van der Waals surface area contributed by atoms with Gasteiger partial charge in [0.15, 0.2) is 0 Å². The SMILES string of the molecule is CC(C)C1CC(CN)(N(C)CCc2ccccn2)CCO1. The van der Waals surface area contributed by atoms with Crippen LogP contribution in [0.15, 0.2) is 24.4 Å². The third kappa shape index (κ3) is 4.02. The summed E-state index contributed by atoms with van der Waals surface area (Å²) in [5, 5.41) is 0. The average molecular weight is 291 g/mol. The molecule has 1 saturated heterocycles. The predicted octanol–water partition coefficient (Wildman–Crippen LogP) is 2.09. The molecule has 1 aliphatic heterocycles. The van der Waals surface area contributed by atoms with E-state index in [9.17, 15) is 0 Å². The molecule has 0 aliphatic carbocycles.